The molecule has 0 amide bonds. The van der Waals surface area contributed by atoms with Gasteiger partial charge in [-0.3, -0.25) is 0 Å². The van der Waals surface area contributed by atoms with E-state index in [1.165, 1.54) is 22.6 Å². The highest BCUT2D eigenvalue weighted by Crippen LogP contribution is 2.60. The van der Waals surface area contributed by atoms with Crippen LogP contribution in [-0.2, 0) is 0 Å². The van der Waals surface area contributed by atoms with Crippen LogP contribution in [0.1, 0.15) is 52.4 Å². The Kier molecular flexibility index (Phi) is 8.13. The van der Waals surface area contributed by atoms with E-state index >= 15 is 0 Å². The van der Waals surface area contributed by atoms with E-state index in [-0.39, 0.29) is 12.8 Å². The Bertz CT molecular complexity index is 453. The van der Waals surface area contributed by atoms with E-state index in [2.05, 4.69) is 0 Å². The quantitative estimate of drug-likeness (QED) is 0.126. The standard InChI is InChI=1S/C14H18F11I/c1-3-4-5-6-7-9(2,26)8-10(15,13(20,21)22)11(16,17)12(18,19)14(23,24)25/h3-8H2,1-2H3. The van der Waals surface area contributed by atoms with E-state index in [0.717, 1.165) is 13.3 Å². The van der Waals surface area contributed by atoms with Crippen LogP contribution in [0, 0.1) is 0 Å². The molecule has 0 aromatic rings. The molecule has 158 valence electrons. The van der Waals surface area contributed by atoms with Crippen LogP contribution in [0.5, 0.6) is 0 Å². The molecule has 0 N–H and O–H groups in total. The summed E-state index contributed by atoms with van der Waals surface area (Å²) in [6.07, 6.45) is -14.2. The molecule has 0 bridgehead atoms. The Morgan fingerprint density at radius 3 is 1.46 bits per heavy atom. The summed E-state index contributed by atoms with van der Waals surface area (Å²) in [5.41, 5.74) is -6.06. The van der Waals surface area contributed by atoms with Crippen molar-refractivity contribution in [2.75, 3.05) is 0 Å². The van der Waals surface area contributed by atoms with Crippen LogP contribution < -0.4 is 0 Å². The third kappa shape index (κ3) is 5.27. The molecule has 2 atom stereocenters. The number of hydrogen-bond donors (Lipinski definition) is 0. The average Bonchev–Trinajstić information content (AvgIpc) is 2.40. The molecule has 0 aliphatic heterocycles. The van der Waals surface area contributed by atoms with Crippen LogP contribution in [-0.4, -0.2) is 33.3 Å². The van der Waals surface area contributed by atoms with Crippen molar-refractivity contribution in [2.24, 2.45) is 0 Å². The van der Waals surface area contributed by atoms with Gasteiger partial charge in [-0.05, 0) is 6.42 Å². The second kappa shape index (κ2) is 8.14. The largest absolute Gasteiger partial charge is 0.460 e. The molecule has 0 fully saturated rings. The third-order valence-electron chi connectivity index (χ3n) is 3.86. The first-order valence-corrected chi connectivity index (χ1v) is 8.61. The predicted molar refractivity (Wildman–Crippen MR) is 81.6 cm³/mol. The molecule has 0 saturated carbocycles. The molecule has 0 spiro atoms. The summed E-state index contributed by atoms with van der Waals surface area (Å²) in [6.45, 7) is 2.71. The minimum atomic E-state index is -7.20. The second-order valence-corrected chi connectivity index (χ2v) is 8.95. The minimum absolute atomic E-state index is 0.183. The van der Waals surface area contributed by atoms with Gasteiger partial charge >= 0.3 is 24.2 Å². The fourth-order valence-corrected chi connectivity index (χ4v) is 3.24. The zero-order valence-electron chi connectivity index (χ0n) is 13.8. The van der Waals surface area contributed by atoms with Crippen LogP contribution in [0.15, 0.2) is 0 Å². The van der Waals surface area contributed by atoms with E-state index in [1.54, 1.807) is 6.92 Å². The minimum Gasteiger partial charge on any atom is -0.227 e. The molecule has 0 saturated heterocycles. The van der Waals surface area contributed by atoms with E-state index in [9.17, 15) is 48.3 Å². The Labute approximate surface area is 157 Å². The number of halogens is 12. The fraction of sp³-hybridized carbons (Fsp3) is 1.00. The van der Waals surface area contributed by atoms with Crippen molar-refractivity contribution < 1.29 is 48.3 Å². The molecule has 2 unspecified atom stereocenters. The highest BCUT2D eigenvalue weighted by Gasteiger charge is 2.86. The van der Waals surface area contributed by atoms with Crippen LogP contribution >= 0.6 is 22.6 Å². The van der Waals surface area contributed by atoms with Gasteiger partial charge < -0.3 is 0 Å². The lowest BCUT2D eigenvalue weighted by molar-refractivity contribution is -0.412. The first-order valence-electron chi connectivity index (χ1n) is 7.54. The molecule has 12 heteroatoms. The molecule has 26 heavy (non-hydrogen) atoms. The zero-order chi connectivity index (χ0) is 21.2. The molecule has 0 aliphatic carbocycles. The summed E-state index contributed by atoms with van der Waals surface area (Å²) in [5.74, 6) is -14.2. The van der Waals surface area contributed by atoms with Gasteiger partial charge in [0.25, 0.3) is 5.67 Å². The van der Waals surface area contributed by atoms with Gasteiger partial charge in [0.15, 0.2) is 0 Å². The number of rotatable bonds is 9. The maximum absolute atomic E-state index is 14.3. The highest BCUT2D eigenvalue weighted by atomic mass is 127. The van der Waals surface area contributed by atoms with Crippen molar-refractivity contribution in [3.63, 3.8) is 0 Å². The third-order valence-corrected chi connectivity index (χ3v) is 4.78. The molecule has 0 aliphatic rings. The molecule has 0 rings (SSSR count). The van der Waals surface area contributed by atoms with Crippen molar-refractivity contribution in [2.45, 2.75) is 85.7 Å². The monoisotopic (exact) mass is 522 g/mol. The first kappa shape index (κ1) is 26.0. The Balaban J connectivity index is 5.87. The molecule has 0 heterocycles. The van der Waals surface area contributed by atoms with Crippen molar-refractivity contribution in [3.05, 3.63) is 0 Å². The van der Waals surface area contributed by atoms with Crippen LogP contribution in [0.4, 0.5) is 48.3 Å². The average molecular weight is 522 g/mol. The lowest BCUT2D eigenvalue weighted by Gasteiger charge is -2.42. The van der Waals surface area contributed by atoms with E-state index in [1.807, 2.05) is 0 Å². The van der Waals surface area contributed by atoms with Gasteiger partial charge in [0.2, 0.25) is 0 Å². The second-order valence-electron chi connectivity index (χ2n) is 6.35. The van der Waals surface area contributed by atoms with Crippen LogP contribution in [0.2, 0.25) is 0 Å². The number of alkyl halides is 12. The van der Waals surface area contributed by atoms with E-state index < -0.39 is 39.7 Å². The van der Waals surface area contributed by atoms with Gasteiger partial charge in [-0.25, -0.2) is 4.39 Å². The summed E-state index contributed by atoms with van der Waals surface area (Å²) in [6, 6.07) is 0. The van der Waals surface area contributed by atoms with Gasteiger partial charge in [0, 0.05) is 9.84 Å². The van der Waals surface area contributed by atoms with E-state index in [0.29, 0.717) is 12.8 Å². The van der Waals surface area contributed by atoms with Crippen LogP contribution in [0.3, 0.4) is 0 Å². The zero-order valence-corrected chi connectivity index (χ0v) is 15.9. The van der Waals surface area contributed by atoms with Gasteiger partial charge in [-0.15, -0.1) is 0 Å². The molecular weight excluding hydrogens is 504 g/mol. The summed E-state index contributed by atoms with van der Waals surface area (Å²) in [4.78, 5) is 0. The van der Waals surface area contributed by atoms with Crippen molar-refractivity contribution in [1.82, 2.24) is 0 Å². The van der Waals surface area contributed by atoms with Crippen molar-refractivity contribution in [1.29, 1.82) is 0 Å². The predicted octanol–water partition coefficient (Wildman–Crippen LogP) is 7.64. The molecule has 0 radical (unpaired) electrons. The first-order chi connectivity index (χ1) is 11.3. The summed E-state index contributed by atoms with van der Waals surface area (Å²) >= 11 is 1.18. The van der Waals surface area contributed by atoms with Crippen molar-refractivity contribution in [3.8, 4) is 0 Å². The summed E-state index contributed by atoms with van der Waals surface area (Å²) in [7, 11) is 0. The van der Waals surface area contributed by atoms with Gasteiger partial charge in [0.1, 0.15) is 0 Å². The van der Waals surface area contributed by atoms with Crippen LogP contribution in [0.25, 0.3) is 0 Å². The van der Waals surface area contributed by atoms with Gasteiger partial charge in [0.05, 0.1) is 0 Å². The maximum Gasteiger partial charge on any atom is 0.460 e. The lowest BCUT2D eigenvalue weighted by atomic mass is 9.81. The normalized spacial score (nSPS) is 19.2. The van der Waals surface area contributed by atoms with Gasteiger partial charge in [-0.2, -0.15) is 43.9 Å². The smallest absolute Gasteiger partial charge is 0.227 e. The SMILES string of the molecule is CCCCCCC(C)(I)CC(F)(C(F)(F)F)C(F)(F)C(F)(F)C(F)(F)F. The van der Waals surface area contributed by atoms with Crippen molar-refractivity contribution >= 4 is 22.6 Å². The topological polar surface area (TPSA) is 0 Å². The molecule has 0 nitrogen and oxygen atoms in total. The lowest BCUT2D eigenvalue weighted by Crippen LogP contribution is -2.68. The molecule has 0 aromatic carbocycles. The fourth-order valence-electron chi connectivity index (χ4n) is 2.33. The maximum atomic E-state index is 14.3. The summed E-state index contributed by atoms with van der Waals surface area (Å²) < 4.78 is 141. The highest BCUT2D eigenvalue weighted by molar-refractivity contribution is 14.1. The molecule has 0 aromatic heterocycles. The number of hydrogen-bond acceptors (Lipinski definition) is 0. The summed E-state index contributed by atoms with van der Waals surface area (Å²) in [5, 5.41) is 0. The van der Waals surface area contributed by atoms with Gasteiger partial charge in [-0.1, -0.05) is 62.1 Å². The Morgan fingerprint density at radius 1 is 0.654 bits per heavy atom. The van der Waals surface area contributed by atoms with E-state index in [4.69, 9.17) is 0 Å². The number of unbranched alkanes of at least 4 members (excludes halogenated alkanes) is 3. The Morgan fingerprint density at radius 2 is 1.12 bits per heavy atom. The molecular formula is C14H18F11I. The Hall–Kier alpha value is -0.0400.